The number of hydrogen-bond donors (Lipinski definition) is 1. The van der Waals surface area contributed by atoms with Crippen LogP contribution in [-0.2, 0) is 0 Å². The van der Waals surface area contributed by atoms with Crippen LogP contribution in [0.15, 0.2) is 0 Å². The Morgan fingerprint density at radius 3 is 2.65 bits per heavy atom. The quantitative estimate of drug-likeness (QED) is 0.740. The minimum atomic E-state index is -0.272. The Morgan fingerprint density at radius 2 is 2.10 bits per heavy atom. The molecule has 0 amide bonds. The predicted octanol–water partition coefficient (Wildman–Crippen LogP) is 3.41. The molecule has 1 aliphatic carbocycles. The second kappa shape index (κ2) is 8.00. The van der Waals surface area contributed by atoms with E-state index >= 15 is 0 Å². The molecule has 1 rings (SSSR count). The van der Waals surface area contributed by atoms with Crippen LogP contribution in [0.1, 0.15) is 59.8 Å². The minimum absolute atomic E-state index is 0.272. The summed E-state index contributed by atoms with van der Waals surface area (Å²) < 4.78 is 0. The molecule has 0 heterocycles. The smallest absolute Gasteiger partial charge is 0.109 e. The lowest BCUT2D eigenvalue weighted by molar-refractivity contribution is 0.224. The van der Waals surface area contributed by atoms with Crippen LogP contribution >= 0.6 is 0 Å². The van der Waals surface area contributed by atoms with Crippen molar-refractivity contribution in [1.82, 2.24) is 10.2 Å². The minimum Gasteiger partial charge on any atom is -0.306 e. The number of nitrogens with one attached hydrogen (secondary N) is 1. The summed E-state index contributed by atoms with van der Waals surface area (Å²) in [7, 11) is 2.21. The molecule has 3 unspecified atom stereocenters. The average molecular weight is 279 g/mol. The summed E-state index contributed by atoms with van der Waals surface area (Å²) in [5.41, 5.74) is -0.272. The summed E-state index contributed by atoms with van der Waals surface area (Å²) in [6, 6.07) is 2.99. The second-order valence-electron chi connectivity index (χ2n) is 7.04. The van der Waals surface area contributed by atoms with Gasteiger partial charge in [0.15, 0.2) is 0 Å². The van der Waals surface area contributed by atoms with Gasteiger partial charge in [0.1, 0.15) is 5.54 Å². The molecular formula is C17H33N3. The molecule has 1 aliphatic rings. The summed E-state index contributed by atoms with van der Waals surface area (Å²) in [6.07, 6.45) is 5.78. The Bertz CT molecular complexity index is 321. The molecule has 1 N–H and O–H groups in total. The van der Waals surface area contributed by atoms with E-state index in [9.17, 15) is 5.26 Å². The summed E-state index contributed by atoms with van der Waals surface area (Å²) in [4.78, 5) is 2.43. The molecule has 3 nitrogen and oxygen atoms in total. The Balaban J connectivity index is 2.51. The second-order valence-corrected chi connectivity index (χ2v) is 7.04. The maximum absolute atomic E-state index is 9.66. The molecule has 0 spiro atoms. The first-order valence-electron chi connectivity index (χ1n) is 8.31. The number of nitrogens with zero attached hydrogens (tertiary/aromatic N) is 2. The third kappa shape index (κ3) is 4.75. The van der Waals surface area contributed by atoms with Gasteiger partial charge in [-0.1, -0.05) is 26.7 Å². The van der Waals surface area contributed by atoms with E-state index in [1.54, 1.807) is 0 Å². The van der Waals surface area contributed by atoms with E-state index in [0.717, 1.165) is 25.3 Å². The van der Waals surface area contributed by atoms with Crippen molar-refractivity contribution in [2.75, 3.05) is 20.1 Å². The van der Waals surface area contributed by atoms with E-state index < -0.39 is 0 Å². The van der Waals surface area contributed by atoms with Crippen LogP contribution in [0, 0.1) is 23.2 Å². The summed E-state index contributed by atoms with van der Waals surface area (Å²) in [5, 5.41) is 13.2. The molecule has 3 atom stereocenters. The van der Waals surface area contributed by atoms with Crippen LogP contribution in [0.3, 0.4) is 0 Å². The molecular weight excluding hydrogens is 246 g/mol. The van der Waals surface area contributed by atoms with Gasteiger partial charge >= 0.3 is 0 Å². The van der Waals surface area contributed by atoms with E-state index in [0.29, 0.717) is 12.0 Å². The van der Waals surface area contributed by atoms with Gasteiger partial charge in [-0.15, -0.1) is 0 Å². The van der Waals surface area contributed by atoms with Gasteiger partial charge in [-0.05, 0) is 58.5 Å². The molecule has 0 bridgehead atoms. The van der Waals surface area contributed by atoms with Crippen molar-refractivity contribution in [2.45, 2.75) is 71.4 Å². The van der Waals surface area contributed by atoms with Crippen molar-refractivity contribution in [2.24, 2.45) is 11.8 Å². The van der Waals surface area contributed by atoms with Crippen molar-refractivity contribution in [3.05, 3.63) is 0 Å². The fourth-order valence-corrected chi connectivity index (χ4v) is 3.48. The van der Waals surface area contributed by atoms with Gasteiger partial charge in [-0.25, -0.2) is 0 Å². The fraction of sp³-hybridized carbons (Fsp3) is 0.941. The Hall–Kier alpha value is -0.590. The molecule has 0 aromatic heterocycles. The van der Waals surface area contributed by atoms with Crippen LogP contribution in [0.25, 0.3) is 0 Å². The monoisotopic (exact) mass is 279 g/mol. The van der Waals surface area contributed by atoms with Crippen molar-refractivity contribution in [3.8, 4) is 6.07 Å². The van der Waals surface area contributed by atoms with Crippen LogP contribution in [0.5, 0.6) is 0 Å². The largest absolute Gasteiger partial charge is 0.306 e. The first-order chi connectivity index (χ1) is 9.43. The maximum Gasteiger partial charge on any atom is 0.109 e. The standard InChI is InChI=1S/C17H33N3/c1-6-15(4)12-20(5)11-9-16-8-7-10-17(16,13-18)19-14(2)3/h14-16,19H,6-12H2,1-5H3. The third-order valence-electron chi connectivity index (χ3n) is 4.75. The van der Waals surface area contributed by atoms with Gasteiger partial charge in [-0.3, -0.25) is 5.32 Å². The summed E-state index contributed by atoms with van der Waals surface area (Å²) in [5.74, 6) is 1.27. The Labute approximate surface area is 125 Å². The summed E-state index contributed by atoms with van der Waals surface area (Å²) >= 11 is 0. The molecule has 116 valence electrons. The highest BCUT2D eigenvalue weighted by molar-refractivity contribution is 5.14. The highest BCUT2D eigenvalue weighted by atomic mass is 15.1. The van der Waals surface area contributed by atoms with Crippen molar-refractivity contribution >= 4 is 0 Å². The van der Waals surface area contributed by atoms with E-state index in [2.05, 4.69) is 51.0 Å². The van der Waals surface area contributed by atoms with E-state index in [-0.39, 0.29) is 5.54 Å². The van der Waals surface area contributed by atoms with Gasteiger partial charge in [0.05, 0.1) is 6.07 Å². The summed E-state index contributed by atoms with van der Waals surface area (Å²) in [6.45, 7) is 11.1. The fourth-order valence-electron chi connectivity index (χ4n) is 3.48. The highest BCUT2D eigenvalue weighted by Crippen LogP contribution is 2.38. The zero-order chi connectivity index (χ0) is 15.2. The lowest BCUT2D eigenvalue weighted by Gasteiger charge is -2.33. The van der Waals surface area contributed by atoms with Gasteiger partial charge in [-0.2, -0.15) is 5.26 Å². The van der Waals surface area contributed by atoms with Crippen LogP contribution in [0.2, 0.25) is 0 Å². The van der Waals surface area contributed by atoms with Crippen LogP contribution in [0.4, 0.5) is 0 Å². The number of hydrogen-bond acceptors (Lipinski definition) is 3. The van der Waals surface area contributed by atoms with Crippen LogP contribution < -0.4 is 5.32 Å². The lowest BCUT2D eigenvalue weighted by atomic mass is 9.85. The SMILES string of the molecule is CCC(C)CN(C)CCC1CCCC1(C#N)NC(C)C. The first kappa shape index (κ1) is 17.5. The van der Waals surface area contributed by atoms with E-state index in [1.807, 2.05) is 0 Å². The Kier molecular flexibility index (Phi) is 6.99. The van der Waals surface area contributed by atoms with E-state index in [4.69, 9.17) is 0 Å². The molecule has 0 radical (unpaired) electrons. The molecule has 1 fully saturated rings. The highest BCUT2D eigenvalue weighted by Gasteiger charge is 2.43. The molecule has 0 aromatic rings. The molecule has 0 aliphatic heterocycles. The van der Waals surface area contributed by atoms with E-state index in [1.165, 1.54) is 25.8 Å². The predicted molar refractivity (Wildman–Crippen MR) is 85.5 cm³/mol. The third-order valence-corrected chi connectivity index (χ3v) is 4.75. The van der Waals surface area contributed by atoms with Crippen LogP contribution in [-0.4, -0.2) is 36.6 Å². The number of rotatable bonds is 8. The normalized spacial score (nSPS) is 28.0. The van der Waals surface area contributed by atoms with Crippen molar-refractivity contribution in [3.63, 3.8) is 0 Å². The lowest BCUT2D eigenvalue weighted by Crippen LogP contribution is -2.50. The van der Waals surface area contributed by atoms with Gasteiger partial charge in [0, 0.05) is 12.6 Å². The topological polar surface area (TPSA) is 39.1 Å². The molecule has 3 heteroatoms. The molecule has 0 saturated heterocycles. The van der Waals surface area contributed by atoms with Gasteiger partial charge < -0.3 is 4.90 Å². The molecule has 20 heavy (non-hydrogen) atoms. The zero-order valence-electron chi connectivity index (χ0n) is 14.1. The molecule has 1 saturated carbocycles. The average Bonchev–Trinajstić information content (AvgIpc) is 2.78. The molecule has 0 aromatic carbocycles. The number of nitriles is 1. The Morgan fingerprint density at radius 1 is 1.40 bits per heavy atom. The maximum atomic E-state index is 9.66. The van der Waals surface area contributed by atoms with Gasteiger partial charge in [0.2, 0.25) is 0 Å². The van der Waals surface area contributed by atoms with Crippen molar-refractivity contribution < 1.29 is 0 Å². The van der Waals surface area contributed by atoms with Gasteiger partial charge in [0.25, 0.3) is 0 Å². The zero-order valence-corrected chi connectivity index (χ0v) is 14.1. The van der Waals surface area contributed by atoms with Crippen molar-refractivity contribution in [1.29, 1.82) is 5.26 Å². The first-order valence-corrected chi connectivity index (χ1v) is 8.31.